The molecule has 31 heavy (non-hydrogen) atoms. The van der Waals surface area contributed by atoms with E-state index in [-0.39, 0.29) is 10.6 Å². The maximum atomic E-state index is 12.8. The standard InChI is InChI=1S/C21H19F3N2O4S/c1-13-6-7-15(18-10-14(2)26-30-18)11-19(13)31(28,29)9-8-20(27)25-17-5-3-4-16(12-17)21(22,23)24/h3-7,10-12H,8-9H2,1-2H3,(H,25,27). The number of nitrogens with one attached hydrogen (secondary N) is 1. The van der Waals surface area contributed by atoms with Gasteiger partial charge in [-0.05, 0) is 43.7 Å². The first-order chi connectivity index (χ1) is 14.5. The Balaban J connectivity index is 1.72. The second-order valence-corrected chi connectivity index (χ2v) is 9.09. The van der Waals surface area contributed by atoms with Gasteiger partial charge in [0.1, 0.15) is 0 Å². The van der Waals surface area contributed by atoms with E-state index in [0.29, 0.717) is 22.6 Å². The summed E-state index contributed by atoms with van der Waals surface area (Å²) in [7, 11) is -3.84. The van der Waals surface area contributed by atoms with Crippen molar-refractivity contribution >= 4 is 21.4 Å². The molecule has 0 aliphatic heterocycles. The number of benzene rings is 2. The van der Waals surface area contributed by atoms with E-state index in [1.54, 1.807) is 32.0 Å². The molecule has 1 N–H and O–H groups in total. The summed E-state index contributed by atoms with van der Waals surface area (Å²) < 4.78 is 69.2. The van der Waals surface area contributed by atoms with Crippen LogP contribution in [-0.2, 0) is 20.8 Å². The number of amides is 1. The molecule has 0 bridgehead atoms. The quantitative estimate of drug-likeness (QED) is 0.581. The van der Waals surface area contributed by atoms with Gasteiger partial charge in [0.2, 0.25) is 5.91 Å². The highest BCUT2D eigenvalue weighted by Gasteiger charge is 2.30. The van der Waals surface area contributed by atoms with Crippen LogP contribution in [0.15, 0.2) is 57.9 Å². The predicted octanol–water partition coefficient (Wildman–Crippen LogP) is 4.78. The summed E-state index contributed by atoms with van der Waals surface area (Å²) in [6.45, 7) is 3.37. The number of hydrogen-bond acceptors (Lipinski definition) is 5. The van der Waals surface area contributed by atoms with Crippen molar-refractivity contribution < 1.29 is 30.9 Å². The summed E-state index contributed by atoms with van der Waals surface area (Å²) >= 11 is 0. The van der Waals surface area contributed by atoms with Crippen molar-refractivity contribution in [3.05, 3.63) is 65.4 Å². The van der Waals surface area contributed by atoms with Gasteiger partial charge < -0.3 is 9.84 Å². The molecule has 2 aromatic carbocycles. The second-order valence-electron chi connectivity index (χ2n) is 7.01. The zero-order valence-electron chi connectivity index (χ0n) is 16.7. The van der Waals surface area contributed by atoms with E-state index in [9.17, 15) is 26.4 Å². The normalized spacial score (nSPS) is 12.0. The number of rotatable bonds is 6. The topological polar surface area (TPSA) is 89.3 Å². The number of carbonyl (C=O) groups is 1. The van der Waals surface area contributed by atoms with Crippen molar-refractivity contribution in [3.63, 3.8) is 0 Å². The van der Waals surface area contributed by atoms with Crippen LogP contribution < -0.4 is 5.32 Å². The SMILES string of the molecule is Cc1cc(-c2ccc(C)c(S(=O)(=O)CCC(=O)Nc3cccc(C(F)(F)F)c3)c2)on1. The number of alkyl halides is 3. The van der Waals surface area contributed by atoms with Gasteiger partial charge in [0, 0.05) is 23.7 Å². The molecule has 0 radical (unpaired) electrons. The van der Waals surface area contributed by atoms with Gasteiger partial charge in [-0.3, -0.25) is 4.79 Å². The Kier molecular flexibility index (Phi) is 6.21. The van der Waals surface area contributed by atoms with Gasteiger partial charge in [0.05, 0.1) is 21.9 Å². The molecule has 0 atom stereocenters. The van der Waals surface area contributed by atoms with Crippen LogP contribution in [0.25, 0.3) is 11.3 Å². The fourth-order valence-corrected chi connectivity index (χ4v) is 4.46. The Morgan fingerprint density at radius 3 is 2.48 bits per heavy atom. The maximum absolute atomic E-state index is 12.8. The number of nitrogens with zero attached hydrogens (tertiary/aromatic N) is 1. The lowest BCUT2D eigenvalue weighted by atomic mass is 10.1. The minimum absolute atomic E-state index is 0.0471. The van der Waals surface area contributed by atoms with Crippen molar-refractivity contribution in [2.75, 3.05) is 11.1 Å². The molecule has 0 spiro atoms. The minimum Gasteiger partial charge on any atom is -0.356 e. The van der Waals surface area contributed by atoms with Gasteiger partial charge in [-0.2, -0.15) is 13.2 Å². The molecule has 1 amide bonds. The van der Waals surface area contributed by atoms with Crippen molar-refractivity contribution in [2.45, 2.75) is 31.3 Å². The van der Waals surface area contributed by atoms with Gasteiger partial charge >= 0.3 is 6.18 Å². The third-order valence-corrected chi connectivity index (χ3v) is 6.36. The van der Waals surface area contributed by atoms with E-state index in [1.807, 2.05) is 0 Å². The third-order valence-electron chi connectivity index (χ3n) is 4.51. The van der Waals surface area contributed by atoms with Crippen LogP contribution >= 0.6 is 0 Å². The molecule has 0 fully saturated rings. The minimum atomic E-state index is -4.55. The van der Waals surface area contributed by atoms with E-state index < -0.39 is 39.7 Å². The average molecular weight is 452 g/mol. The monoisotopic (exact) mass is 452 g/mol. The van der Waals surface area contributed by atoms with Crippen LogP contribution in [0.1, 0.15) is 23.2 Å². The summed E-state index contributed by atoms with van der Waals surface area (Å²) in [6.07, 6.45) is -4.96. The highest BCUT2D eigenvalue weighted by Crippen LogP contribution is 2.31. The number of aromatic nitrogens is 1. The summed E-state index contributed by atoms with van der Waals surface area (Å²) in [5, 5.41) is 6.09. The molecule has 10 heteroatoms. The van der Waals surface area contributed by atoms with Gasteiger partial charge in [0.15, 0.2) is 15.6 Å². The van der Waals surface area contributed by atoms with Crippen LogP contribution in [0, 0.1) is 13.8 Å². The Morgan fingerprint density at radius 1 is 1.10 bits per heavy atom. The van der Waals surface area contributed by atoms with Crippen LogP contribution in [0.5, 0.6) is 0 Å². The lowest BCUT2D eigenvalue weighted by molar-refractivity contribution is -0.137. The summed E-state index contributed by atoms with van der Waals surface area (Å²) in [5.41, 5.74) is 0.701. The Hall–Kier alpha value is -3.14. The molecule has 0 aliphatic rings. The molecule has 1 aromatic heterocycles. The molecule has 0 aliphatic carbocycles. The number of hydrogen-bond donors (Lipinski definition) is 1. The summed E-state index contributed by atoms with van der Waals surface area (Å²) in [6, 6.07) is 10.6. The van der Waals surface area contributed by atoms with E-state index in [1.165, 1.54) is 12.1 Å². The van der Waals surface area contributed by atoms with Gasteiger partial charge in [-0.15, -0.1) is 0 Å². The lowest BCUT2D eigenvalue weighted by Gasteiger charge is -2.11. The van der Waals surface area contributed by atoms with E-state index in [0.717, 1.165) is 18.2 Å². The molecular formula is C21H19F3N2O4S. The van der Waals surface area contributed by atoms with Crippen LogP contribution in [0.3, 0.4) is 0 Å². The van der Waals surface area contributed by atoms with Gasteiger partial charge in [0.25, 0.3) is 0 Å². The Labute approximate surface area is 177 Å². The number of anilines is 1. The molecule has 0 unspecified atom stereocenters. The number of carbonyl (C=O) groups excluding carboxylic acids is 1. The van der Waals surface area contributed by atoms with Crippen molar-refractivity contribution in [3.8, 4) is 11.3 Å². The van der Waals surface area contributed by atoms with E-state index in [4.69, 9.17) is 4.52 Å². The summed E-state index contributed by atoms with van der Waals surface area (Å²) in [5.74, 6) is -0.795. The predicted molar refractivity (Wildman–Crippen MR) is 108 cm³/mol. The zero-order valence-corrected chi connectivity index (χ0v) is 17.5. The molecular weight excluding hydrogens is 433 g/mol. The molecule has 3 rings (SSSR count). The molecule has 6 nitrogen and oxygen atoms in total. The largest absolute Gasteiger partial charge is 0.416 e. The number of sulfone groups is 1. The first kappa shape index (κ1) is 22.5. The number of aryl methyl sites for hydroxylation is 2. The van der Waals surface area contributed by atoms with Crippen LogP contribution in [-0.4, -0.2) is 25.2 Å². The van der Waals surface area contributed by atoms with Crippen molar-refractivity contribution in [1.82, 2.24) is 5.16 Å². The third kappa shape index (κ3) is 5.52. The number of halogens is 3. The molecule has 164 valence electrons. The van der Waals surface area contributed by atoms with Gasteiger partial charge in [-0.25, -0.2) is 8.42 Å². The summed E-state index contributed by atoms with van der Waals surface area (Å²) in [4.78, 5) is 12.2. The second kappa shape index (κ2) is 8.54. The lowest BCUT2D eigenvalue weighted by Crippen LogP contribution is -2.18. The molecule has 3 aromatic rings. The fourth-order valence-electron chi connectivity index (χ4n) is 2.92. The van der Waals surface area contributed by atoms with Crippen molar-refractivity contribution in [1.29, 1.82) is 0 Å². The molecule has 0 saturated carbocycles. The average Bonchev–Trinajstić information content (AvgIpc) is 3.12. The molecule has 1 heterocycles. The zero-order chi connectivity index (χ0) is 22.8. The Morgan fingerprint density at radius 2 is 1.84 bits per heavy atom. The van der Waals surface area contributed by atoms with Crippen LogP contribution in [0.4, 0.5) is 18.9 Å². The first-order valence-corrected chi connectivity index (χ1v) is 10.9. The van der Waals surface area contributed by atoms with Gasteiger partial charge in [-0.1, -0.05) is 23.4 Å². The van der Waals surface area contributed by atoms with E-state index >= 15 is 0 Å². The highest BCUT2D eigenvalue weighted by atomic mass is 32.2. The molecule has 0 saturated heterocycles. The fraction of sp³-hybridized carbons (Fsp3) is 0.238. The van der Waals surface area contributed by atoms with Crippen molar-refractivity contribution in [2.24, 2.45) is 0 Å². The Bertz CT molecular complexity index is 1220. The smallest absolute Gasteiger partial charge is 0.356 e. The van der Waals surface area contributed by atoms with E-state index in [2.05, 4.69) is 10.5 Å². The first-order valence-electron chi connectivity index (χ1n) is 9.20. The van der Waals surface area contributed by atoms with Crippen LogP contribution in [0.2, 0.25) is 0 Å². The maximum Gasteiger partial charge on any atom is 0.416 e. The highest BCUT2D eigenvalue weighted by molar-refractivity contribution is 7.91.